The molecule has 0 saturated carbocycles. The van der Waals surface area contributed by atoms with E-state index in [2.05, 4.69) is 10.6 Å². The summed E-state index contributed by atoms with van der Waals surface area (Å²) in [5.41, 5.74) is 2.45. The summed E-state index contributed by atoms with van der Waals surface area (Å²) < 4.78 is 5.63. The van der Waals surface area contributed by atoms with Crippen molar-refractivity contribution in [3.8, 4) is 5.75 Å². The van der Waals surface area contributed by atoms with Crippen LogP contribution in [-0.2, 0) is 4.79 Å². The number of para-hydroxylation sites is 2. The lowest BCUT2D eigenvalue weighted by Gasteiger charge is -2.21. The molecule has 0 unspecified atom stereocenters. The Balaban J connectivity index is 1.87. The highest BCUT2D eigenvalue weighted by Gasteiger charge is 2.21. The molecule has 0 saturated heterocycles. The van der Waals surface area contributed by atoms with Crippen molar-refractivity contribution in [3.05, 3.63) is 84.4 Å². The average Bonchev–Trinajstić information content (AvgIpc) is 2.74. The van der Waals surface area contributed by atoms with E-state index in [9.17, 15) is 4.79 Å². The quantitative estimate of drug-likeness (QED) is 0.490. The summed E-state index contributed by atoms with van der Waals surface area (Å²) in [5.74, 6) is 0.516. The Bertz CT molecular complexity index is 915. The van der Waals surface area contributed by atoms with Crippen LogP contribution in [0.2, 0.25) is 0 Å². The summed E-state index contributed by atoms with van der Waals surface area (Å²) in [5, 5.41) is 6.39. The number of amides is 1. The van der Waals surface area contributed by atoms with E-state index in [1.807, 2.05) is 92.0 Å². The predicted molar refractivity (Wildman–Crippen MR) is 117 cm³/mol. The van der Waals surface area contributed by atoms with Crippen LogP contribution in [0, 0.1) is 0 Å². The normalized spacial score (nSPS) is 11.5. The van der Waals surface area contributed by atoms with Crippen LogP contribution >= 0.6 is 11.8 Å². The number of carbonyl (C=O) groups excluding carboxylic acids is 1. The first-order valence-electron chi connectivity index (χ1n) is 9.19. The predicted octanol–water partition coefficient (Wildman–Crippen LogP) is 5.60. The highest BCUT2D eigenvalue weighted by molar-refractivity contribution is 7.98. The van der Waals surface area contributed by atoms with Gasteiger partial charge in [0, 0.05) is 10.6 Å². The van der Waals surface area contributed by atoms with Crippen LogP contribution in [0.25, 0.3) is 0 Å². The Morgan fingerprint density at radius 2 is 1.75 bits per heavy atom. The van der Waals surface area contributed by atoms with Gasteiger partial charge in [-0.25, -0.2) is 0 Å². The van der Waals surface area contributed by atoms with Crippen LogP contribution in [0.5, 0.6) is 5.75 Å². The Morgan fingerprint density at radius 3 is 2.50 bits per heavy atom. The lowest BCUT2D eigenvalue weighted by molar-refractivity contribution is -0.117. The zero-order valence-electron chi connectivity index (χ0n) is 16.0. The first-order chi connectivity index (χ1) is 13.7. The fourth-order valence-corrected chi connectivity index (χ4v) is 3.34. The summed E-state index contributed by atoms with van der Waals surface area (Å²) in [6.45, 7) is 2.46. The SMILES string of the molecule is CCOc1ccccc1NC(=O)[C@H](Nc1cccc(SC)c1)c1ccccc1. The average molecular weight is 393 g/mol. The van der Waals surface area contributed by atoms with Crippen LogP contribution in [0.3, 0.4) is 0 Å². The molecule has 1 amide bonds. The minimum Gasteiger partial charge on any atom is -0.492 e. The molecule has 1 atom stereocenters. The number of anilines is 2. The third-order valence-electron chi connectivity index (χ3n) is 4.22. The van der Waals surface area contributed by atoms with Gasteiger partial charge in [0.15, 0.2) is 0 Å². The number of nitrogens with one attached hydrogen (secondary N) is 2. The Kier molecular flexibility index (Phi) is 6.98. The van der Waals surface area contributed by atoms with Gasteiger partial charge in [0.05, 0.1) is 12.3 Å². The first-order valence-corrected chi connectivity index (χ1v) is 10.4. The van der Waals surface area contributed by atoms with Crippen molar-refractivity contribution in [2.75, 3.05) is 23.5 Å². The number of benzene rings is 3. The molecule has 0 aliphatic heterocycles. The second-order valence-electron chi connectivity index (χ2n) is 6.14. The minimum atomic E-state index is -0.534. The summed E-state index contributed by atoms with van der Waals surface area (Å²) in [4.78, 5) is 14.3. The standard InChI is InChI=1S/C23H24N2O2S/c1-3-27-21-15-8-7-14-20(21)25-23(26)22(17-10-5-4-6-11-17)24-18-12-9-13-19(16-18)28-2/h4-16,22,24H,3H2,1-2H3,(H,25,26)/t22-/m1/s1. The number of carbonyl (C=O) groups is 1. The number of ether oxygens (including phenoxy) is 1. The highest BCUT2D eigenvalue weighted by atomic mass is 32.2. The number of hydrogen-bond acceptors (Lipinski definition) is 4. The number of rotatable bonds is 8. The highest BCUT2D eigenvalue weighted by Crippen LogP contribution is 2.28. The molecule has 0 aliphatic rings. The molecular weight excluding hydrogens is 368 g/mol. The smallest absolute Gasteiger partial charge is 0.251 e. The molecule has 5 heteroatoms. The molecule has 2 N–H and O–H groups in total. The maximum atomic E-state index is 13.2. The minimum absolute atomic E-state index is 0.145. The van der Waals surface area contributed by atoms with Gasteiger partial charge in [-0.2, -0.15) is 0 Å². The third kappa shape index (κ3) is 5.08. The molecule has 0 fully saturated rings. The summed E-state index contributed by atoms with van der Waals surface area (Å²) in [6, 6.07) is 24.7. The Morgan fingerprint density at radius 1 is 1.00 bits per heavy atom. The van der Waals surface area contributed by atoms with E-state index in [4.69, 9.17) is 4.74 Å². The van der Waals surface area contributed by atoms with E-state index in [0.717, 1.165) is 16.1 Å². The maximum absolute atomic E-state index is 13.2. The lowest BCUT2D eigenvalue weighted by atomic mass is 10.1. The van der Waals surface area contributed by atoms with E-state index in [-0.39, 0.29) is 5.91 Å². The van der Waals surface area contributed by atoms with Crippen LogP contribution in [-0.4, -0.2) is 18.8 Å². The van der Waals surface area contributed by atoms with E-state index in [1.165, 1.54) is 0 Å². The number of thioether (sulfide) groups is 1. The summed E-state index contributed by atoms with van der Waals surface area (Å²) in [7, 11) is 0. The van der Waals surface area contributed by atoms with Crippen molar-refractivity contribution in [1.82, 2.24) is 0 Å². The van der Waals surface area contributed by atoms with Crippen LogP contribution in [0.1, 0.15) is 18.5 Å². The molecule has 0 spiro atoms. The van der Waals surface area contributed by atoms with Crippen molar-refractivity contribution < 1.29 is 9.53 Å². The van der Waals surface area contributed by atoms with Crippen molar-refractivity contribution in [2.45, 2.75) is 17.9 Å². The van der Waals surface area contributed by atoms with Crippen LogP contribution in [0.15, 0.2) is 83.8 Å². The molecule has 0 bridgehead atoms. The Hall–Kier alpha value is -2.92. The van der Waals surface area contributed by atoms with Gasteiger partial charge in [-0.15, -0.1) is 11.8 Å². The molecule has 3 aromatic carbocycles. The van der Waals surface area contributed by atoms with Gasteiger partial charge >= 0.3 is 0 Å². The topological polar surface area (TPSA) is 50.4 Å². The van der Waals surface area contributed by atoms with Crippen LogP contribution in [0.4, 0.5) is 11.4 Å². The fourth-order valence-electron chi connectivity index (χ4n) is 2.88. The zero-order chi connectivity index (χ0) is 19.8. The van der Waals surface area contributed by atoms with E-state index in [0.29, 0.717) is 18.0 Å². The van der Waals surface area contributed by atoms with Crippen molar-refractivity contribution in [3.63, 3.8) is 0 Å². The summed E-state index contributed by atoms with van der Waals surface area (Å²) in [6.07, 6.45) is 2.03. The molecule has 0 radical (unpaired) electrons. The molecule has 3 rings (SSSR count). The van der Waals surface area contributed by atoms with Gasteiger partial charge in [0.1, 0.15) is 11.8 Å². The largest absolute Gasteiger partial charge is 0.492 e. The third-order valence-corrected chi connectivity index (χ3v) is 4.95. The lowest BCUT2D eigenvalue weighted by Crippen LogP contribution is -2.27. The second kappa shape index (κ2) is 9.85. The maximum Gasteiger partial charge on any atom is 0.251 e. The van der Waals surface area contributed by atoms with Gasteiger partial charge in [-0.05, 0) is 49.1 Å². The fraction of sp³-hybridized carbons (Fsp3) is 0.174. The number of hydrogen-bond donors (Lipinski definition) is 2. The van der Waals surface area contributed by atoms with Gasteiger partial charge < -0.3 is 15.4 Å². The molecule has 28 heavy (non-hydrogen) atoms. The van der Waals surface area contributed by atoms with Gasteiger partial charge in [-0.1, -0.05) is 48.5 Å². The monoisotopic (exact) mass is 392 g/mol. The van der Waals surface area contributed by atoms with Crippen LogP contribution < -0.4 is 15.4 Å². The van der Waals surface area contributed by atoms with Gasteiger partial charge in [0.25, 0.3) is 5.91 Å². The Labute approximate surface area is 170 Å². The van der Waals surface area contributed by atoms with E-state index < -0.39 is 6.04 Å². The molecule has 4 nitrogen and oxygen atoms in total. The molecule has 3 aromatic rings. The first kappa shape index (κ1) is 19.8. The van der Waals surface area contributed by atoms with Crippen molar-refractivity contribution in [1.29, 1.82) is 0 Å². The van der Waals surface area contributed by atoms with Gasteiger partial charge in [-0.3, -0.25) is 4.79 Å². The van der Waals surface area contributed by atoms with Gasteiger partial charge in [0.2, 0.25) is 0 Å². The van der Waals surface area contributed by atoms with E-state index >= 15 is 0 Å². The molecular formula is C23H24N2O2S. The molecule has 144 valence electrons. The van der Waals surface area contributed by atoms with Crippen molar-refractivity contribution in [2.24, 2.45) is 0 Å². The molecule has 0 aliphatic carbocycles. The summed E-state index contributed by atoms with van der Waals surface area (Å²) >= 11 is 1.67. The zero-order valence-corrected chi connectivity index (χ0v) is 16.8. The molecule has 0 aromatic heterocycles. The molecule has 0 heterocycles. The van der Waals surface area contributed by atoms with Crippen molar-refractivity contribution >= 4 is 29.0 Å². The second-order valence-corrected chi connectivity index (χ2v) is 7.02. The van der Waals surface area contributed by atoms with E-state index in [1.54, 1.807) is 11.8 Å².